The Labute approximate surface area is 160 Å². The summed E-state index contributed by atoms with van der Waals surface area (Å²) in [6.07, 6.45) is -5.27. The lowest BCUT2D eigenvalue weighted by Gasteiger charge is -2.45. The van der Waals surface area contributed by atoms with E-state index in [9.17, 15) is 27.9 Å². The van der Waals surface area contributed by atoms with Gasteiger partial charge >= 0.3 is 12.2 Å². The summed E-state index contributed by atoms with van der Waals surface area (Å²) in [5.74, 6) is -2.98. The van der Waals surface area contributed by atoms with Gasteiger partial charge in [-0.15, -0.1) is 0 Å². The zero-order chi connectivity index (χ0) is 19.8. The summed E-state index contributed by atoms with van der Waals surface area (Å²) in [5.41, 5.74) is -3.48. The van der Waals surface area contributed by atoms with E-state index in [1.807, 2.05) is 0 Å². The van der Waals surface area contributed by atoms with E-state index in [0.717, 1.165) is 0 Å². The van der Waals surface area contributed by atoms with Crippen LogP contribution in [0.5, 0.6) is 0 Å². The normalized spacial score (nSPS) is 25.4. The largest absolute Gasteiger partial charge is 0.437 e. The molecule has 1 aliphatic heterocycles. The SMILES string of the molecule is O=C1N[C@@H](c2ccccc2)[C@H](C(=O)c2ccc(Br)cc2)[C@](O)(C(F)(F)F)N1. The molecule has 0 spiro atoms. The van der Waals surface area contributed by atoms with Crippen molar-refractivity contribution in [1.82, 2.24) is 10.6 Å². The number of Topliss-reactive ketones (excluding diaryl/α,β-unsaturated/α-hetero) is 1. The zero-order valence-corrected chi connectivity index (χ0v) is 15.2. The summed E-state index contributed by atoms with van der Waals surface area (Å²) in [6.45, 7) is 0. The first-order chi connectivity index (χ1) is 12.6. The van der Waals surface area contributed by atoms with Crippen molar-refractivity contribution in [2.24, 2.45) is 5.92 Å². The summed E-state index contributed by atoms with van der Waals surface area (Å²) in [4.78, 5) is 24.9. The Bertz CT molecular complexity index is 858. The molecule has 1 saturated heterocycles. The molecule has 0 aliphatic carbocycles. The quantitative estimate of drug-likeness (QED) is 0.636. The maximum atomic E-state index is 13.7. The minimum atomic E-state index is -5.27. The Morgan fingerprint density at radius 1 is 1.07 bits per heavy atom. The van der Waals surface area contributed by atoms with E-state index in [1.54, 1.807) is 18.2 Å². The summed E-state index contributed by atoms with van der Waals surface area (Å²) in [5, 5.41) is 14.3. The number of benzene rings is 2. The van der Waals surface area contributed by atoms with Crippen molar-refractivity contribution in [3.05, 3.63) is 70.2 Å². The molecule has 142 valence electrons. The number of aliphatic hydroxyl groups is 1. The number of carbonyl (C=O) groups is 2. The molecule has 5 nitrogen and oxygen atoms in total. The van der Waals surface area contributed by atoms with Crippen LogP contribution in [0.4, 0.5) is 18.0 Å². The van der Waals surface area contributed by atoms with Gasteiger partial charge in [0, 0.05) is 10.0 Å². The Balaban J connectivity index is 2.15. The van der Waals surface area contributed by atoms with Crippen molar-refractivity contribution in [1.29, 1.82) is 0 Å². The molecular formula is C18H14BrF3N2O3. The van der Waals surface area contributed by atoms with E-state index < -0.39 is 35.7 Å². The second-order valence-corrected chi connectivity index (χ2v) is 7.02. The van der Waals surface area contributed by atoms with Gasteiger partial charge in [0.1, 0.15) is 5.92 Å². The van der Waals surface area contributed by atoms with Crippen molar-refractivity contribution >= 4 is 27.7 Å². The smallest absolute Gasteiger partial charge is 0.363 e. The average Bonchev–Trinajstić information content (AvgIpc) is 2.61. The van der Waals surface area contributed by atoms with Crippen LogP contribution in [-0.2, 0) is 0 Å². The lowest BCUT2D eigenvalue weighted by molar-refractivity contribution is -0.287. The number of hydrogen-bond acceptors (Lipinski definition) is 3. The summed E-state index contributed by atoms with van der Waals surface area (Å²) in [7, 11) is 0. The number of amides is 2. The Morgan fingerprint density at radius 3 is 2.22 bits per heavy atom. The molecule has 9 heteroatoms. The molecule has 0 saturated carbocycles. The number of carbonyl (C=O) groups excluding carboxylic acids is 2. The highest BCUT2D eigenvalue weighted by Crippen LogP contribution is 2.43. The molecule has 27 heavy (non-hydrogen) atoms. The van der Waals surface area contributed by atoms with E-state index in [2.05, 4.69) is 21.2 Å². The van der Waals surface area contributed by atoms with Crippen molar-refractivity contribution in [3.8, 4) is 0 Å². The first kappa shape index (κ1) is 19.4. The first-order valence-corrected chi connectivity index (χ1v) is 8.65. The second kappa shape index (κ2) is 6.97. The van der Waals surface area contributed by atoms with Crippen molar-refractivity contribution < 1.29 is 27.9 Å². The molecule has 0 bridgehead atoms. The zero-order valence-electron chi connectivity index (χ0n) is 13.6. The molecule has 2 aromatic rings. The molecule has 1 heterocycles. The fourth-order valence-corrected chi connectivity index (χ4v) is 3.34. The van der Waals surface area contributed by atoms with Gasteiger partial charge in [0.2, 0.25) is 5.72 Å². The third-order valence-corrected chi connectivity index (χ3v) is 4.90. The van der Waals surface area contributed by atoms with Crippen molar-refractivity contribution in [3.63, 3.8) is 0 Å². The van der Waals surface area contributed by atoms with Crippen LogP contribution >= 0.6 is 15.9 Å². The number of alkyl halides is 3. The van der Waals surface area contributed by atoms with Gasteiger partial charge < -0.3 is 15.7 Å². The van der Waals surface area contributed by atoms with Gasteiger partial charge in [0.05, 0.1) is 6.04 Å². The summed E-state index contributed by atoms with van der Waals surface area (Å²) in [6, 6.07) is 10.9. The van der Waals surface area contributed by atoms with E-state index in [-0.39, 0.29) is 11.1 Å². The highest BCUT2D eigenvalue weighted by atomic mass is 79.9. The molecule has 3 atom stereocenters. The van der Waals surface area contributed by atoms with Gasteiger partial charge in [-0.05, 0) is 17.7 Å². The van der Waals surface area contributed by atoms with Crippen molar-refractivity contribution in [2.45, 2.75) is 17.9 Å². The number of hydrogen-bond donors (Lipinski definition) is 3. The Morgan fingerprint density at radius 2 is 1.67 bits per heavy atom. The lowest BCUT2D eigenvalue weighted by atomic mass is 9.77. The molecule has 0 aromatic heterocycles. The first-order valence-electron chi connectivity index (χ1n) is 7.86. The van der Waals surface area contributed by atoms with Crippen LogP contribution in [-0.4, -0.2) is 28.8 Å². The minimum absolute atomic E-state index is 0.0234. The molecule has 0 radical (unpaired) electrons. The van der Waals surface area contributed by atoms with Gasteiger partial charge in [0.25, 0.3) is 0 Å². The van der Waals surface area contributed by atoms with Crippen LogP contribution in [0.2, 0.25) is 0 Å². The number of nitrogens with one attached hydrogen (secondary N) is 2. The number of rotatable bonds is 3. The van der Waals surface area contributed by atoms with Crippen LogP contribution in [0, 0.1) is 5.92 Å². The van der Waals surface area contributed by atoms with E-state index in [1.165, 1.54) is 41.7 Å². The van der Waals surface area contributed by atoms with E-state index >= 15 is 0 Å². The maximum absolute atomic E-state index is 13.7. The highest BCUT2D eigenvalue weighted by molar-refractivity contribution is 9.10. The molecule has 3 N–H and O–H groups in total. The predicted molar refractivity (Wildman–Crippen MR) is 93.8 cm³/mol. The van der Waals surface area contributed by atoms with Crippen LogP contribution in [0.25, 0.3) is 0 Å². The molecule has 3 rings (SSSR count). The van der Waals surface area contributed by atoms with E-state index in [4.69, 9.17) is 0 Å². The van der Waals surface area contributed by atoms with Gasteiger partial charge in [0.15, 0.2) is 5.78 Å². The van der Waals surface area contributed by atoms with Crippen LogP contribution in [0.1, 0.15) is 22.0 Å². The molecule has 1 fully saturated rings. The van der Waals surface area contributed by atoms with Crippen LogP contribution < -0.4 is 10.6 Å². The van der Waals surface area contributed by atoms with Gasteiger partial charge in [-0.25, -0.2) is 4.79 Å². The molecule has 0 unspecified atom stereocenters. The van der Waals surface area contributed by atoms with Gasteiger partial charge in [-0.3, -0.25) is 4.79 Å². The monoisotopic (exact) mass is 442 g/mol. The molecule has 1 aliphatic rings. The summed E-state index contributed by atoms with van der Waals surface area (Å²) >= 11 is 3.19. The molecule has 2 amide bonds. The fourth-order valence-electron chi connectivity index (χ4n) is 3.07. The summed E-state index contributed by atoms with van der Waals surface area (Å²) < 4.78 is 41.8. The lowest BCUT2D eigenvalue weighted by Crippen LogP contribution is -2.72. The van der Waals surface area contributed by atoms with E-state index in [0.29, 0.717) is 4.47 Å². The van der Waals surface area contributed by atoms with Gasteiger partial charge in [-0.1, -0.05) is 58.4 Å². The Hall–Kier alpha value is -2.39. The van der Waals surface area contributed by atoms with Crippen LogP contribution in [0.3, 0.4) is 0 Å². The standard InChI is InChI=1S/C18H14BrF3N2O3/c19-12-8-6-11(7-9-12)15(25)13-14(10-4-2-1-3-5-10)23-16(26)24-17(13,27)18(20,21)22/h1-9,13-14,27H,(H2,23,24,26)/t13-,14+,17+/m1/s1. The fraction of sp³-hybridized carbons (Fsp3) is 0.222. The molecule has 2 aromatic carbocycles. The topological polar surface area (TPSA) is 78.4 Å². The second-order valence-electron chi connectivity index (χ2n) is 6.10. The predicted octanol–water partition coefficient (Wildman–Crippen LogP) is 3.55. The number of ketones is 1. The molecular weight excluding hydrogens is 429 g/mol. The van der Waals surface area contributed by atoms with Gasteiger partial charge in [-0.2, -0.15) is 13.2 Å². The third kappa shape index (κ3) is 3.57. The van der Waals surface area contributed by atoms with Crippen LogP contribution in [0.15, 0.2) is 59.1 Å². The number of urea groups is 1. The minimum Gasteiger partial charge on any atom is -0.363 e. The number of halogens is 4. The maximum Gasteiger partial charge on any atom is 0.437 e. The van der Waals surface area contributed by atoms with Crippen molar-refractivity contribution in [2.75, 3.05) is 0 Å². The third-order valence-electron chi connectivity index (χ3n) is 4.38. The average molecular weight is 443 g/mol. The Kier molecular flexibility index (Phi) is 5.00. The highest BCUT2D eigenvalue weighted by Gasteiger charge is 2.66.